The van der Waals surface area contributed by atoms with E-state index in [1.54, 1.807) is 0 Å². The molecule has 3 atom stereocenters. The van der Waals surface area contributed by atoms with E-state index in [1.165, 1.54) is 6.42 Å². The first kappa shape index (κ1) is 18.8. The average Bonchev–Trinajstić information content (AvgIpc) is 3.05. The molecular formula is C19H25N3O3S. The van der Waals surface area contributed by atoms with Gasteiger partial charge in [0.2, 0.25) is 17.6 Å². The van der Waals surface area contributed by atoms with Crippen molar-refractivity contribution < 1.29 is 13.5 Å². The highest BCUT2D eigenvalue weighted by molar-refractivity contribution is 7.84. The molecule has 7 heteroatoms. The Bertz CT molecular complexity index is 790. The summed E-state index contributed by atoms with van der Waals surface area (Å²) in [5.41, 5.74) is 1.96. The van der Waals surface area contributed by atoms with Crippen LogP contribution in [0.1, 0.15) is 44.1 Å². The van der Waals surface area contributed by atoms with Crippen LogP contribution in [-0.4, -0.2) is 32.1 Å². The maximum absolute atomic E-state index is 12.3. The number of aryl methyl sites for hydroxylation is 1. The monoisotopic (exact) mass is 375 g/mol. The second kappa shape index (κ2) is 8.58. The molecule has 1 aromatic heterocycles. The van der Waals surface area contributed by atoms with Crippen LogP contribution in [-0.2, 0) is 21.3 Å². The Labute approximate surface area is 156 Å². The highest BCUT2D eigenvalue weighted by atomic mass is 32.2. The summed E-state index contributed by atoms with van der Waals surface area (Å²) in [6.45, 7) is 4.15. The van der Waals surface area contributed by atoms with Crippen LogP contribution in [0.3, 0.4) is 0 Å². The van der Waals surface area contributed by atoms with E-state index in [0.717, 1.165) is 30.4 Å². The van der Waals surface area contributed by atoms with E-state index in [1.807, 2.05) is 31.2 Å². The fourth-order valence-electron chi connectivity index (χ4n) is 3.33. The van der Waals surface area contributed by atoms with E-state index in [-0.39, 0.29) is 23.5 Å². The molecule has 1 aliphatic carbocycles. The van der Waals surface area contributed by atoms with Crippen molar-refractivity contribution in [1.29, 1.82) is 0 Å². The molecule has 26 heavy (non-hydrogen) atoms. The Morgan fingerprint density at radius 1 is 1.35 bits per heavy atom. The summed E-state index contributed by atoms with van der Waals surface area (Å²) in [4.78, 5) is 16.4. The Morgan fingerprint density at radius 2 is 2.15 bits per heavy atom. The van der Waals surface area contributed by atoms with E-state index < -0.39 is 10.8 Å². The van der Waals surface area contributed by atoms with Gasteiger partial charge >= 0.3 is 0 Å². The molecule has 6 nitrogen and oxygen atoms in total. The molecule has 0 aliphatic heterocycles. The molecule has 140 valence electrons. The number of nitrogens with zero attached hydrogens (tertiary/aromatic N) is 2. The molecule has 1 heterocycles. The number of rotatable bonds is 6. The smallest absolute Gasteiger partial charge is 0.239 e. The molecule has 0 bridgehead atoms. The van der Waals surface area contributed by atoms with E-state index in [2.05, 4.69) is 22.4 Å². The van der Waals surface area contributed by atoms with Crippen molar-refractivity contribution in [3.63, 3.8) is 0 Å². The van der Waals surface area contributed by atoms with Crippen LogP contribution in [0.4, 0.5) is 0 Å². The van der Waals surface area contributed by atoms with Gasteiger partial charge in [-0.2, -0.15) is 4.98 Å². The predicted octanol–water partition coefficient (Wildman–Crippen LogP) is 2.99. The molecule has 1 saturated carbocycles. The van der Waals surface area contributed by atoms with E-state index in [4.69, 9.17) is 4.52 Å². The Hall–Kier alpha value is -2.02. The van der Waals surface area contributed by atoms with E-state index in [9.17, 15) is 9.00 Å². The minimum absolute atomic E-state index is 0.0363. The van der Waals surface area contributed by atoms with Gasteiger partial charge in [0, 0.05) is 22.4 Å². The van der Waals surface area contributed by atoms with Gasteiger partial charge in [0.15, 0.2) is 0 Å². The van der Waals surface area contributed by atoms with Crippen LogP contribution in [0.15, 0.2) is 28.8 Å². The molecule has 2 aromatic rings. The van der Waals surface area contributed by atoms with Gasteiger partial charge in [-0.25, -0.2) is 0 Å². The van der Waals surface area contributed by atoms with E-state index >= 15 is 0 Å². The number of benzene rings is 1. The van der Waals surface area contributed by atoms with Gasteiger partial charge in [-0.05, 0) is 31.7 Å². The number of hydrogen-bond donors (Lipinski definition) is 1. The van der Waals surface area contributed by atoms with Crippen molar-refractivity contribution in [2.45, 2.75) is 51.3 Å². The van der Waals surface area contributed by atoms with Crippen molar-refractivity contribution in [3.05, 3.63) is 35.7 Å². The SMILES string of the molecule is Cc1cccc(-c2noc(CS(=O)CC(=O)NC3CCCCC3C)n2)c1. The van der Waals surface area contributed by atoms with Crippen molar-refractivity contribution in [1.82, 2.24) is 15.5 Å². The summed E-state index contributed by atoms with van der Waals surface area (Å²) in [5, 5.41) is 6.97. The topological polar surface area (TPSA) is 85.1 Å². The Balaban J connectivity index is 1.52. The quantitative estimate of drug-likeness (QED) is 0.839. The molecule has 1 aromatic carbocycles. The van der Waals surface area contributed by atoms with Crippen LogP contribution in [0.25, 0.3) is 11.4 Å². The maximum Gasteiger partial charge on any atom is 0.239 e. The second-order valence-corrected chi connectivity index (χ2v) is 8.50. The molecule has 3 unspecified atom stereocenters. The number of nitrogens with one attached hydrogen (secondary N) is 1. The third-order valence-electron chi connectivity index (χ3n) is 4.78. The summed E-state index contributed by atoms with van der Waals surface area (Å²) in [5.74, 6) is 1.13. The van der Waals surface area contributed by atoms with Gasteiger partial charge in [-0.1, -0.05) is 48.7 Å². The number of amides is 1. The molecule has 0 spiro atoms. The highest BCUT2D eigenvalue weighted by Gasteiger charge is 2.23. The molecule has 1 amide bonds. The summed E-state index contributed by atoms with van der Waals surface area (Å²) in [6.07, 6.45) is 4.50. The standard InChI is InChI=1S/C19H25N3O3S/c1-13-6-5-8-15(10-13)19-21-18(25-22-19)12-26(24)11-17(23)20-16-9-4-3-7-14(16)2/h5-6,8,10,14,16H,3-4,7,9,11-12H2,1-2H3,(H,20,23). The zero-order chi connectivity index (χ0) is 18.5. The largest absolute Gasteiger partial charge is 0.352 e. The lowest BCUT2D eigenvalue weighted by molar-refractivity contribution is -0.119. The fraction of sp³-hybridized carbons (Fsp3) is 0.526. The number of aromatic nitrogens is 2. The maximum atomic E-state index is 12.3. The molecule has 1 N–H and O–H groups in total. The van der Waals surface area contributed by atoms with Crippen molar-refractivity contribution in [3.8, 4) is 11.4 Å². The van der Waals surface area contributed by atoms with Crippen LogP contribution in [0, 0.1) is 12.8 Å². The van der Waals surface area contributed by atoms with Gasteiger partial charge in [-0.15, -0.1) is 0 Å². The Kier molecular flexibility index (Phi) is 6.19. The lowest BCUT2D eigenvalue weighted by Crippen LogP contribution is -2.42. The van der Waals surface area contributed by atoms with Crippen LogP contribution in [0.5, 0.6) is 0 Å². The highest BCUT2D eigenvalue weighted by Crippen LogP contribution is 2.23. The molecule has 1 aliphatic rings. The van der Waals surface area contributed by atoms with Crippen molar-refractivity contribution in [2.24, 2.45) is 5.92 Å². The zero-order valence-corrected chi connectivity index (χ0v) is 16.1. The van der Waals surface area contributed by atoms with Crippen LogP contribution < -0.4 is 5.32 Å². The van der Waals surface area contributed by atoms with Gasteiger partial charge in [0.05, 0.1) is 0 Å². The molecule has 1 fully saturated rings. The first-order chi connectivity index (χ1) is 12.5. The van der Waals surface area contributed by atoms with Gasteiger partial charge in [-0.3, -0.25) is 9.00 Å². The number of carbonyl (C=O) groups is 1. The average molecular weight is 375 g/mol. The predicted molar refractivity (Wildman–Crippen MR) is 101 cm³/mol. The summed E-state index contributed by atoms with van der Waals surface area (Å²) in [6, 6.07) is 7.98. The third kappa shape index (κ3) is 5.00. The zero-order valence-electron chi connectivity index (χ0n) is 15.2. The van der Waals surface area contributed by atoms with Crippen molar-refractivity contribution in [2.75, 3.05) is 5.75 Å². The fourth-order valence-corrected chi connectivity index (χ4v) is 4.20. The summed E-state index contributed by atoms with van der Waals surface area (Å²) < 4.78 is 17.5. The Morgan fingerprint density at radius 3 is 2.92 bits per heavy atom. The van der Waals surface area contributed by atoms with E-state index in [0.29, 0.717) is 17.6 Å². The minimum atomic E-state index is -1.37. The molecular weight excluding hydrogens is 350 g/mol. The van der Waals surface area contributed by atoms with Gasteiger partial charge in [0.1, 0.15) is 11.5 Å². The first-order valence-electron chi connectivity index (χ1n) is 9.05. The normalized spacial score (nSPS) is 21.3. The van der Waals surface area contributed by atoms with Gasteiger partial charge < -0.3 is 9.84 Å². The number of carbonyl (C=O) groups excluding carboxylic acids is 1. The molecule has 0 radical (unpaired) electrons. The van der Waals surface area contributed by atoms with Crippen LogP contribution >= 0.6 is 0 Å². The van der Waals surface area contributed by atoms with Gasteiger partial charge in [0.25, 0.3) is 0 Å². The first-order valence-corrected chi connectivity index (χ1v) is 10.5. The second-order valence-electron chi connectivity index (χ2n) is 7.05. The third-order valence-corrected chi connectivity index (χ3v) is 5.93. The number of hydrogen-bond acceptors (Lipinski definition) is 5. The minimum Gasteiger partial charge on any atom is -0.352 e. The lowest BCUT2D eigenvalue weighted by Gasteiger charge is -2.29. The molecule has 0 saturated heterocycles. The summed E-state index contributed by atoms with van der Waals surface area (Å²) >= 11 is 0. The molecule has 3 rings (SSSR count). The lowest BCUT2D eigenvalue weighted by atomic mass is 9.86. The van der Waals surface area contributed by atoms with Crippen LogP contribution in [0.2, 0.25) is 0 Å². The summed E-state index contributed by atoms with van der Waals surface area (Å²) in [7, 11) is -1.37. The van der Waals surface area contributed by atoms with Crippen molar-refractivity contribution >= 4 is 16.7 Å².